The van der Waals surface area contributed by atoms with Crippen molar-refractivity contribution in [3.05, 3.63) is 46.6 Å². The molecule has 0 saturated carbocycles. The summed E-state index contributed by atoms with van der Waals surface area (Å²) in [5.41, 5.74) is 1.13. The molecule has 116 valence electrons. The Labute approximate surface area is 129 Å². The molecule has 0 aromatic heterocycles. The van der Waals surface area contributed by atoms with E-state index in [4.69, 9.17) is 0 Å². The van der Waals surface area contributed by atoms with Crippen molar-refractivity contribution in [2.24, 2.45) is 0 Å². The highest BCUT2D eigenvalue weighted by atomic mass is 16.3. The maximum atomic E-state index is 12.3. The number of rotatable bonds is 1. The number of phenolic OH excluding ortho intramolecular Hbond substituents is 2. The molecule has 0 saturated heterocycles. The Kier molecular flexibility index (Phi) is 3.18. The summed E-state index contributed by atoms with van der Waals surface area (Å²) in [5.74, 6) is -0.858. The van der Waals surface area contributed by atoms with E-state index in [1.54, 1.807) is 6.08 Å². The number of benzene rings is 1. The van der Waals surface area contributed by atoms with Gasteiger partial charge in [-0.25, -0.2) is 0 Å². The first kappa shape index (κ1) is 14.9. The van der Waals surface area contributed by atoms with Crippen LogP contribution in [-0.4, -0.2) is 27.7 Å². The van der Waals surface area contributed by atoms with Gasteiger partial charge in [-0.3, -0.25) is 4.79 Å². The van der Waals surface area contributed by atoms with Crippen LogP contribution in [0.25, 0.3) is 0 Å². The molecule has 2 aliphatic rings. The van der Waals surface area contributed by atoms with Crippen molar-refractivity contribution < 1.29 is 20.1 Å². The third-order valence-corrected chi connectivity index (χ3v) is 4.72. The van der Waals surface area contributed by atoms with E-state index in [-0.39, 0.29) is 41.3 Å². The number of hydrogen-bond donors (Lipinski definition) is 3. The molecule has 1 aromatic rings. The van der Waals surface area contributed by atoms with E-state index >= 15 is 0 Å². The number of allylic oxidation sites excluding steroid dienone is 3. The molecule has 0 bridgehead atoms. The summed E-state index contributed by atoms with van der Waals surface area (Å²) in [6.45, 7) is 5.50. The standard InChI is InChI=1S/C18H20O4/c1-9-4-5-10(8-19)13-12(9)16(21)14-11(20)6-7-18(2,3)15(14)17(13)22/h4-7,9-10,19,21-22H,8H2,1-3H3/t9-,10-/m1/s1. The van der Waals surface area contributed by atoms with Gasteiger partial charge in [0.05, 0.1) is 12.2 Å². The number of ketones is 1. The van der Waals surface area contributed by atoms with Crippen molar-refractivity contribution in [2.75, 3.05) is 6.61 Å². The number of aliphatic hydroxyl groups is 1. The second-order valence-electron chi connectivity index (χ2n) is 6.66. The summed E-state index contributed by atoms with van der Waals surface area (Å²) in [6, 6.07) is 0. The van der Waals surface area contributed by atoms with Gasteiger partial charge in [0, 0.05) is 33.9 Å². The topological polar surface area (TPSA) is 77.8 Å². The molecule has 0 heterocycles. The molecule has 2 aliphatic carbocycles. The third kappa shape index (κ3) is 1.83. The lowest BCUT2D eigenvalue weighted by molar-refractivity contribution is 0.103. The van der Waals surface area contributed by atoms with Gasteiger partial charge < -0.3 is 15.3 Å². The first-order chi connectivity index (χ1) is 10.3. The Hall–Kier alpha value is -2.07. The lowest BCUT2D eigenvalue weighted by Crippen LogP contribution is -2.25. The minimum atomic E-state index is -0.565. The number of hydrogen-bond acceptors (Lipinski definition) is 4. The Morgan fingerprint density at radius 1 is 1.14 bits per heavy atom. The van der Waals surface area contributed by atoms with Gasteiger partial charge in [-0.1, -0.05) is 39.0 Å². The van der Waals surface area contributed by atoms with Crippen molar-refractivity contribution in [3.63, 3.8) is 0 Å². The molecule has 22 heavy (non-hydrogen) atoms. The van der Waals surface area contributed by atoms with Gasteiger partial charge >= 0.3 is 0 Å². The summed E-state index contributed by atoms with van der Waals surface area (Å²) in [5, 5.41) is 31.1. The van der Waals surface area contributed by atoms with Crippen LogP contribution < -0.4 is 0 Å². The Morgan fingerprint density at radius 3 is 2.45 bits per heavy atom. The minimum absolute atomic E-state index is 0.0146. The zero-order chi connectivity index (χ0) is 16.2. The van der Waals surface area contributed by atoms with E-state index in [2.05, 4.69) is 0 Å². The Morgan fingerprint density at radius 2 is 1.82 bits per heavy atom. The maximum Gasteiger partial charge on any atom is 0.189 e. The fourth-order valence-electron chi connectivity index (χ4n) is 3.56. The third-order valence-electron chi connectivity index (χ3n) is 4.72. The fourth-order valence-corrected chi connectivity index (χ4v) is 3.56. The monoisotopic (exact) mass is 300 g/mol. The minimum Gasteiger partial charge on any atom is -0.507 e. The summed E-state index contributed by atoms with van der Waals surface area (Å²) in [4.78, 5) is 12.3. The normalized spacial score (nSPS) is 25.0. The van der Waals surface area contributed by atoms with Crippen molar-refractivity contribution in [2.45, 2.75) is 38.0 Å². The molecule has 4 heteroatoms. The highest BCUT2D eigenvalue weighted by molar-refractivity contribution is 6.10. The van der Waals surface area contributed by atoms with E-state index in [0.29, 0.717) is 16.7 Å². The van der Waals surface area contributed by atoms with Gasteiger partial charge in [-0.05, 0) is 6.08 Å². The van der Waals surface area contributed by atoms with Crippen molar-refractivity contribution in [1.29, 1.82) is 0 Å². The molecular weight excluding hydrogens is 280 g/mol. The Bertz CT molecular complexity index is 725. The summed E-state index contributed by atoms with van der Waals surface area (Å²) in [7, 11) is 0. The van der Waals surface area contributed by atoms with Crippen LogP contribution in [0.1, 0.15) is 59.7 Å². The number of aliphatic hydroxyl groups excluding tert-OH is 1. The summed E-state index contributed by atoms with van der Waals surface area (Å²) in [6.07, 6.45) is 6.90. The zero-order valence-corrected chi connectivity index (χ0v) is 12.9. The van der Waals surface area contributed by atoms with Gasteiger partial charge in [0.15, 0.2) is 5.78 Å². The summed E-state index contributed by atoms with van der Waals surface area (Å²) < 4.78 is 0. The molecular formula is C18H20O4. The van der Waals surface area contributed by atoms with E-state index in [1.807, 2.05) is 32.9 Å². The van der Waals surface area contributed by atoms with Crippen LogP contribution in [-0.2, 0) is 5.41 Å². The van der Waals surface area contributed by atoms with Crippen LogP contribution in [0.5, 0.6) is 11.5 Å². The van der Waals surface area contributed by atoms with E-state index < -0.39 is 5.41 Å². The largest absolute Gasteiger partial charge is 0.507 e. The highest BCUT2D eigenvalue weighted by Crippen LogP contribution is 2.52. The Balaban J connectivity index is 2.43. The molecule has 0 fully saturated rings. The van der Waals surface area contributed by atoms with E-state index in [1.165, 1.54) is 6.08 Å². The maximum absolute atomic E-state index is 12.3. The first-order valence-electron chi connectivity index (χ1n) is 7.44. The molecule has 0 spiro atoms. The SMILES string of the molecule is C[C@@H]1C=C[C@H](CO)c2c(O)c3c(c(O)c21)C(=O)C=CC3(C)C. The number of fused-ring (bicyclic) bond motifs is 2. The molecule has 0 radical (unpaired) electrons. The van der Waals surface area contributed by atoms with Crippen molar-refractivity contribution in [1.82, 2.24) is 0 Å². The van der Waals surface area contributed by atoms with Crippen molar-refractivity contribution in [3.8, 4) is 11.5 Å². The lowest BCUT2D eigenvalue weighted by Gasteiger charge is -2.34. The molecule has 0 unspecified atom stereocenters. The van der Waals surface area contributed by atoms with Crippen LogP contribution in [0, 0.1) is 0 Å². The molecule has 0 amide bonds. The van der Waals surface area contributed by atoms with Crippen LogP contribution >= 0.6 is 0 Å². The number of carbonyl (C=O) groups is 1. The average Bonchev–Trinajstić information content (AvgIpc) is 2.46. The van der Waals surface area contributed by atoms with Gasteiger partial charge in [0.25, 0.3) is 0 Å². The van der Waals surface area contributed by atoms with Gasteiger partial charge in [0.2, 0.25) is 0 Å². The lowest BCUT2D eigenvalue weighted by atomic mass is 9.70. The molecule has 4 nitrogen and oxygen atoms in total. The van der Waals surface area contributed by atoms with Crippen molar-refractivity contribution >= 4 is 5.78 Å². The highest BCUT2D eigenvalue weighted by Gasteiger charge is 2.39. The zero-order valence-electron chi connectivity index (χ0n) is 12.9. The number of aromatic hydroxyl groups is 2. The number of phenols is 2. The average molecular weight is 300 g/mol. The predicted octanol–water partition coefficient (Wildman–Crippen LogP) is 2.88. The second-order valence-corrected chi connectivity index (χ2v) is 6.66. The quantitative estimate of drug-likeness (QED) is 0.550. The van der Waals surface area contributed by atoms with E-state index in [9.17, 15) is 20.1 Å². The fraction of sp³-hybridized carbons (Fsp3) is 0.389. The van der Waals surface area contributed by atoms with Crippen LogP contribution in [0.3, 0.4) is 0 Å². The molecule has 1 aromatic carbocycles. The smallest absolute Gasteiger partial charge is 0.189 e. The molecule has 3 N–H and O–H groups in total. The second kappa shape index (κ2) is 4.71. The predicted molar refractivity (Wildman–Crippen MR) is 83.6 cm³/mol. The van der Waals surface area contributed by atoms with E-state index in [0.717, 1.165) is 0 Å². The molecule has 2 atom stereocenters. The van der Waals surface area contributed by atoms with Gasteiger partial charge in [-0.15, -0.1) is 0 Å². The van der Waals surface area contributed by atoms with Gasteiger partial charge in [-0.2, -0.15) is 0 Å². The summed E-state index contributed by atoms with van der Waals surface area (Å²) >= 11 is 0. The van der Waals surface area contributed by atoms with Crippen LogP contribution in [0.15, 0.2) is 24.3 Å². The molecule has 3 rings (SSSR count). The van der Waals surface area contributed by atoms with Crippen LogP contribution in [0.4, 0.5) is 0 Å². The number of carbonyl (C=O) groups excluding carboxylic acids is 1. The van der Waals surface area contributed by atoms with Crippen LogP contribution in [0.2, 0.25) is 0 Å². The van der Waals surface area contributed by atoms with Gasteiger partial charge in [0.1, 0.15) is 11.5 Å². The first-order valence-corrected chi connectivity index (χ1v) is 7.44. The molecule has 0 aliphatic heterocycles.